The predicted molar refractivity (Wildman–Crippen MR) is 45.5 cm³/mol. The molecule has 0 aliphatic heterocycles. The van der Waals surface area contributed by atoms with Gasteiger partial charge in [0.25, 0.3) is 0 Å². The number of hydrogen-bond acceptors (Lipinski definition) is 2. The van der Waals surface area contributed by atoms with Crippen LogP contribution in [-0.2, 0) is 12.7 Å². The van der Waals surface area contributed by atoms with Crippen molar-refractivity contribution in [2.75, 3.05) is 6.54 Å². The molecule has 1 heterocycles. The van der Waals surface area contributed by atoms with E-state index in [4.69, 9.17) is 5.73 Å². The van der Waals surface area contributed by atoms with Gasteiger partial charge in [-0.3, -0.25) is 4.68 Å². The zero-order valence-corrected chi connectivity index (χ0v) is 7.59. The van der Waals surface area contributed by atoms with E-state index >= 15 is 0 Å². The molecule has 0 aliphatic carbocycles. The second-order valence-corrected chi connectivity index (χ2v) is 2.99. The molecule has 80 valence electrons. The first-order valence-corrected chi connectivity index (χ1v) is 4.34. The van der Waals surface area contributed by atoms with Crippen LogP contribution in [0.15, 0.2) is 12.4 Å². The quantitative estimate of drug-likeness (QED) is 0.763. The van der Waals surface area contributed by atoms with Gasteiger partial charge in [0, 0.05) is 12.7 Å². The molecule has 0 radical (unpaired) electrons. The van der Waals surface area contributed by atoms with E-state index in [0.717, 1.165) is 25.2 Å². The van der Waals surface area contributed by atoms with Crippen LogP contribution >= 0.6 is 0 Å². The maximum absolute atomic E-state index is 12.1. The van der Waals surface area contributed by atoms with Gasteiger partial charge < -0.3 is 5.73 Å². The Morgan fingerprint density at radius 3 is 2.57 bits per heavy atom. The number of nitrogens with zero attached hydrogens (tertiary/aromatic N) is 2. The lowest BCUT2D eigenvalue weighted by atomic mass is 10.3. The number of hydrogen-bond donors (Lipinski definition) is 1. The van der Waals surface area contributed by atoms with Gasteiger partial charge in [0.2, 0.25) is 0 Å². The van der Waals surface area contributed by atoms with Crippen LogP contribution in [0.3, 0.4) is 0 Å². The highest BCUT2D eigenvalue weighted by Gasteiger charge is 2.31. The fourth-order valence-corrected chi connectivity index (χ4v) is 1.05. The first-order valence-electron chi connectivity index (χ1n) is 4.34. The Bertz CT molecular complexity index is 280. The Morgan fingerprint density at radius 1 is 1.36 bits per heavy atom. The van der Waals surface area contributed by atoms with Gasteiger partial charge in [0.05, 0.1) is 11.8 Å². The molecule has 0 bridgehead atoms. The van der Waals surface area contributed by atoms with Gasteiger partial charge in [-0.2, -0.15) is 18.3 Å². The topological polar surface area (TPSA) is 43.8 Å². The molecule has 0 aromatic carbocycles. The number of rotatable bonds is 4. The molecule has 1 aromatic rings. The molecule has 3 nitrogen and oxygen atoms in total. The highest BCUT2D eigenvalue weighted by molar-refractivity contribution is 5.08. The molecule has 2 N–H and O–H groups in total. The minimum absolute atomic E-state index is 0.479. The van der Waals surface area contributed by atoms with E-state index in [0.29, 0.717) is 13.1 Å². The van der Waals surface area contributed by atoms with Crippen LogP contribution in [-0.4, -0.2) is 16.3 Å². The average molecular weight is 207 g/mol. The average Bonchev–Trinajstić information content (AvgIpc) is 2.52. The normalized spacial score (nSPS) is 12.0. The maximum atomic E-state index is 12.1. The van der Waals surface area contributed by atoms with Crippen LogP contribution in [0, 0.1) is 0 Å². The second-order valence-electron chi connectivity index (χ2n) is 2.99. The Kier molecular flexibility index (Phi) is 3.51. The summed E-state index contributed by atoms with van der Waals surface area (Å²) in [5.41, 5.74) is 4.55. The van der Waals surface area contributed by atoms with Crippen LogP contribution in [0.25, 0.3) is 0 Å². The van der Waals surface area contributed by atoms with Crippen molar-refractivity contribution in [3.63, 3.8) is 0 Å². The van der Waals surface area contributed by atoms with Gasteiger partial charge in [0.1, 0.15) is 0 Å². The van der Waals surface area contributed by atoms with Crippen molar-refractivity contribution >= 4 is 0 Å². The Hall–Kier alpha value is -1.04. The molecule has 0 saturated heterocycles. The third-order valence-electron chi connectivity index (χ3n) is 1.80. The highest BCUT2D eigenvalue weighted by Crippen LogP contribution is 2.28. The summed E-state index contributed by atoms with van der Waals surface area (Å²) in [6, 6.07) is 0. The van der Waals surface area contributed by atoms with E-state index in [1.807, 2.05) is 0 Å². The van der Waals surface area contributed by atoms with Crippen molar-refractivity contribution in [3.8, 4) is 0 Å². The molecule has 14 heavy (non-hydrogen) atoms. The van der Waals surface area contributed by atoms with Crippen LogP contribution in [0.1, 0.15) is 18.4 Å². The van der Waals surface area contributed by atoms with Crippen molar-refractivity contribution in [1.82, 2.24) is 9.78 Å². The lowest BCUT2D eigenvalue weighted by molar-refractivity contribution is -0.137. The van der Waals surface area contributed by atoms with Crippen molar-refractivity contribution in [3.05, 3.63) is 18.0 Å². The Balaban J connectivity index is 2.51. The summed E-state index contributed by atoms with van der Waals surface area (Å²) < 4.78 is 37.6. The highest BCUT2D eigenvalue weighted by atomic mass is 19.4. The van der Waals surface area contributed by atoms with E-state index in [-0.39, 0.29) is 0 Å². The summed E-state index contributed by atoms with van der Waals surface area (Å²) in [5.74, 6) is 0. The van der Waals surface area contributed by atoms with Crippen LogP contribution in [0.4, 0.5) is 13.2 Å². The van der Waals surface area contributed by atoms with Gasteiger partial charge >= 0.3 is 6.18 Å². The molecule has 0 amide bonds. The SMILES string of the molecule is NCCCCn1cc(C(F)(F)F)cn1. The Labute approximate surface area is 79.7 Å². The van der Waals surface area contributed by atoms with Crippen LogP contribution < -0.4 is 5.73 Å². The molecule has 1 aromatic heterocycles. The van der Waals surface area contributed by atoms with E-state index in [1.54, 1.807) is 0 Å². The third-order valence-corrected chi connectivity index (χ3v) is 1.80. The number of unbranched alkanes of at least 4 members (excludes halogenated alkanes) is 1. The fourth-order valence-electron chi connectivity index (χ4n) is 1.05. The van der Waals surface area contributed by atoms with Gasteiger partial charge in [-0.1, -0.05) is 0 Å². The summed E-state index contributed by atoms with van der Waals surface area (Å²) in [6.45, 7) is 1.03. The number of nitrogens with two attached hydrogens (primary N) is 1. The van der Waals surface area contributed by atoms with E-state index in [2.05, 4.69) is 5.10 Å². The lowest BCUT2D eigenvalue weighted by Crippen LogP contribution is -2.05. The van der Waals surface area contributed by atoms with Crippen molar-refractivity contribution in [2.24, 2.45) is 5.73 Å². The summed E-state index contributed by atoms with van der Waals surface area (Å²) >= 11 is 0. The fraction of sp³-hybridized carbons (Fsp3) is 0.625. The molecule has 1 rings (SSSR count). The molecule has 0 unspecified atom stereocenters. The third kappa shape index (κ3) is 3.02. The smallest absolute Gasteiger partial charge is 0.330 e. The lowest BCUT2D eigenvalue weighted by Gasteiger charge is -2.01. The monoisotopic (exact) mass is 207 g/mol. The van der Waals surface area contributed by atoms with Crippen LogP contribution in [0.5, 0.6) is 0 Å². The molecule has 0 saturated carbocycles. The summed E-state index contributed by atoms with van der Waals surface area (Å²) in [6.07, 6.45) is -0.915. The maximum Gasteiger partial charge on any atom is 0.419 e. The summed E-state index contributed by atoms with van der Waals surface area (Å²) in [4.78, 5) is 0. The van der Waals surface area contributed by atoms with Gasteiger partial charge in [0.15, 0.2) is 0 Å². The number of halogens is 3. The largest absolute Gasteiger partial charge is 0.419 e. The van der Waals surface area contributed by atoms with Gasteiger partial charge in [-0.05, 0) is 19.4 Å². The molecule has 6 heteroatoms. The standard InChI is InChI=1S/C8H12F3N3/c9-8(10,11)7-5-13-14(6-7)4-2-1-3-12/h5-6H,1-4,12H2. The molecule has 0 fully saturated rings. The summed E-state index contributed by atoms with van der Waals surface area (Å²) in [5, 5.41) is 3.61. The van der Waals surface area contributed by atoms with Gasteiger partial charge in [-0.25, -0.2) is 0 Å². The zero-order chi connectivity index (χ0) is 10.6. The van der Waals surface area contributed by atoms with Crippen molar-refractivity contribution in [1.29, 1.82) is 0 Å². The second kappa shape index (κ2) is 4.45. The molecule has 0 atom stereocenters. The van der Waals surface area contributed by atoms with E-state index in [9.17, 15) is 13.2 Å². The molecular weight excluding hydrogens is 195 g/mol. The predicted octanol–water partition coefficient (Wildman–Crippen LogP) is 1.64. The first-order chi connectivity index (χ1) is 6.54. The Morgan fingerprint density at radius 2 is 2.07 bits per heavy atom. The number of aryl methyl sites for hydroxylation is 1. The van der Waals surface area contributed by atoms with Gasteiger partial charge in [-0.15, -0.1) is 0 Å². The molecular formula is C8H12F3N3. The zero-order valence-electron chi connectivity index (χ0n) is 7.59. The number of alkyl halides is 3. The van der Waals surface area contributed by atoms with E-state index in [1.165, 1.54) is 4.68 Å². The number of aromatic nitrogens is 2. The minimum Gasteiger partial charge on any atom is -0.330 e. The van der Waals surface area contributed by atoms with Crippen molar-refractivity contribution in [2.45, 2.75) is 25.6 Å². The summed E-state index contributed by atoms with van der Waals surface area (Å²) in [7, 11) is 0. The van der Waals surface area contributed by atoms with E-state index < -0.39 is 11.7 Å². The minimum atomic E-state index is -4.30. The van der Waals surface area contributed by atoms with Crippen molar-refractivity contribution < 1.29 is 13.2 Å². The molecule has 0 spiro atoms. The van der Waals surface area contributed by atoms with Crippen LogP contribution in [0.2, 0.25) is 0 Å². The first kappa shape index (κ1) is 11.0. The molecule has 0 aliphatic rings.